The summed E-state index contributed by atoms with van der Waals surface area (Å²) in [5, 5.41) is 2.62. The van der Waals surface area contributed by atoms with Gasteiger partial charge in [0, 0.05) is 26.1 Å². The molecule has 1 unspecified atom stereocenters. The minimum absolute atomic E-state index is 0.223. The third-order valence-corrected chi connectivity index (χ3v) is 4.91. The van der Waals surface area contributed by atoms with Gasteiger partial charge in [0.15, 0.2) is 0 Å². The second kappa shape index (κ2) is 6.57. The lowest BCUT2D eigenvalue weighted by molar-refractivity contribution is 0.0961. The molecule has 2 aromatic carbocycles. The summed E-state index contributed by atoms with van der Waals surface area (Å²) in [6.45, 7) is 2.31. The van der Waals surface area contributed by atoms with Gasteiger partial charge in [-0.1, -0.05) is 6.07 Å². The molecule has 7 heteroatoms. The molecule has 0 saturated heterocycles. The van der Waals surface area contributed by atoms with E-state index in [2.05, 4.69) is 10.3 Å². The molecule has 6 nitrogen and oxygen atoms in total. The van der Waals surface area contributed by atoms with Crippen molar-refractivity contribution >= 4 is 16.9 Å². The van der Waals surface area contributed by atoms with Gasteiger partial charge in [-0.3, -0.25) is 4.79 Å². The molecular formula is C20H20FN3O3. The first-order chi connectivity index (χ1) is 13.0. The number of carbonyl (C=O) groups is 1. The van der Waals surface area contributed by atoms with Gasteiger partial charge in [-0.2, -0.15) is 0 Å². The fraction of sp³-hybridized carbons (Fsp3) is 0.300. The van der Waals surface area contributed by atoms with E-state index in [1.807, 2.05) is 18.5 Å². The fourth-order valence-electron chi connectivity index (χ4n) is 3.38. The van der Waals surface area contributed by atoms with Crippen molar-refractivity contribution < 1.29 is 18.7 Å². The quantitative estimate of drug-likeness (QED) is 0.769. The minimum atomic E-state index is -0.514. The lowest BCUT2D eigenvalue weighted by Gasteiger charge is -2.27. The second-order valence-electron chi connectivity index (χ2n) is 6.53. The smallest absolute Gasteiger partial charge is 0.251 e. The van der Waals surface area contributed by atoms with E-state index < -0.39 is 6.10 Å². The van der Waals surface area contributed by atoms with Crippen LogP contribution in [0.1, 0.15) is 34.3 Å². The Bertz CT molecular complexity index is 1040. The third-order valence-electron chi connectivity index (χ3n) is 4.91. The summed E-state index contributed by atoms with van der Waals surface area (Å²) in [6.07, 6.45) is -0.00812. The van der Waals surface area contributed by atoms with Gasteiger partial charge in [-0.05, 0) is 31.2 Å². The Morgan fingerprint density at radius 3 is 3.00 bits per heavy atom. The predicted octanol–water partition coefficient (Wildman–Crippen LogP) is 3.28. The number of aromatic nitrogens is 2. The van der Waals surface area contributed by atoms with Crippen LogP contribution in [0.3, 0.4) is 0 Å². The highest BCUT2D eigenvalue weighted by Gasteiger charge is 2.28. The van der Waals surface area contributed by atoms with E-state index in [0.29, 0.717) is 41.2 Å². The SMILES string of the molecule is CNC(=O)c1cc(OC2CCOc3cccc(F)c32)c2nc(C)n(C)c2c1. The number of benzene rings is 2. The minimum Gasteiger partial charge on any atom is -0.493 e. The van der Waals surface area contributed by atoms with Crippen molar-refractivity contribution in [3.8, 4) is 11.5 Å². The summed E-state index contributed by atoms with van der Waals surface area (Å²) in [6, 6.07) is 8.17. The second-order valence-corrected chi connectivity index (χ2v) is 6.53. The molecule has 2 heterocycles. The summed E-state index contributed by atoms with van der Waals surface area (Å²) >= 11 is 0. The maximum absolute atomic E-state index is 14.4. The molecule has 1 aromatic heterocycles. The molecule has 1 amide bonds. The Balaban J connectivity index is 1.83. The van der Waals surface area contributed by atoms with E-state index in [1.54, 1.807) is 31.3 Å². The van der Waals surface area contributed by atoms with Crippen LogP contribution in [0.15, 0.2) is 30.3 Å². The molecule has 1 atom stereocenters. The zero-order valence-electron chi connectivity index (χ0n) is 15.4. The first-order valence-corrected chi connectivity index (χ1v) is 8.76. The standard InChI is InChI=1S/C20H20FN3O3/c1-11-23-19-14(24(11)3)9-12(20(25)22-2)10-17(19)27-16-7-8-26-15-6-4-5-13(21)18(15)16/h4-6,9-10,16H,7-8H2,1-3H3,(H,22,25). The predicted molar refractivity (Wildman–Crippen MR) is 98.7 cm³/mol. The highest BCUT2D eigenvalue weighted by atomic mass is 19.1. The van der Waals surface area contributed by atoms with E-state index in [9.17, 15) is 9.18 Å². The van der Waals surface area contributed by atoms with Gasteiger partial charge >= 0.3 is 0 Å². The van der Waals surface area contributed by atoms with Crippen LogP contribution in [0.2, 0.25) is 0 Å². The number of nitrogens with one attached hydrogen (secondary N) is 1. The van der Waals surface area contributed by atoms with Crippen molar-refractivity contribution in [2.75, 3.05) is 13.7 Å². The Morgan fingerprint density at radius 2 is 2.22 bits per heavy atom. The molecule has 27 heavy (non-hydrogen) atoms. The number of nitrogens with zero attached hydrogens (tertiary/aromatic N) is 2. The van der Waals surface area contributed by atoms with Gasteiger partial charge in [0.05, 0.1) is 17.7 Å². The van der Waals surface area contributed by atoms with Crippen LogP contribution in [0.5, 0.6) is 11.5 Å². The molecule has 0 bridgehead atoms. The van der Waals surface area contributed by atoms with Crippen LogP contribution < -0.4 is 14.8 Å². The first kappa shape index (κ1) is 17.3. The fourth-order valence-corrected chi connectivity index (χ4v) is 3.38. The van der Waals surface area contributed by atoms with E-state index in [-0.39, 0.29) is 11.7 Å². The van der Waals surface area contributed by atoms with Crippen molar-refractivity contribution in [3.05, 3.63) is 53.1 Å². The Labute approximate surface area is 155 Å². The number of rotatable bonds is 3. The van der Waals surface area contributed by atoms with E-state index >= 15 is 0 Å². The van der Waals surface area contributed by atoms with Gasteiger partial charge in [-0.25, -0.2) is 9.37 Å². The molecular weight excluding hydrogens is 349 g/mol. The van der Waals surface area contributed by atoms with Gasteiger partial charge in [0.25, 0.3) is 5.91 Å². The van der Waals surface area contributed by atoms with E-state index in [0.717, 1.165) is 11.3 Å². The zero-order valence-corrected chi connectivity index (χ0v) is 15.4. The molecule has 1 aliphatic heterocycles. The largest absolute Gasteiger partial charge is 0.493 e. The number of halogens is 1. The average Bonchev–Trinajstić information content (AvgIpc) is 2.96. The molecule has 4 rings (SSSR count). The molecule has 0 aliphatic carbocycles. The summed E-state index contributed by atoms with van der Waals surface area (Å²) in [5.41, 5.74) is 2.29. The summed E-state index contributed by atoms with van der Waals surface area (Å²) < 4.78 is 28.1. The number of ether oxygens (including phenoxy) is 2. The molecule has 3 aromatic rings. The van der Waals surface area contributed by atoms with Crippen LogP contribution in [0.4, 0.5) is 4.39 Å². The van der Waals surface area contributed by atoms with Crippen molar-refractivity contribution in [2.45, 2.75) is 19.4 Å². The van der Waals surface area contributed by atoms with E-state index in [1.165, 1.54) is 6.07 Å². The number of imidazole rings is 1. The van der Waals surface area contributed by atoms with Crippen LogP contribution >= 0.6 is 0 Å². The van der Waals surface area contributed by atoms with Crippen molar-refractivity contribution in [1.29, 1.82) is 0 Å². The molecule has 0 fully saturated rings. The average molecular weight is 369 g/mol. The molecule has 0 spiro atoms. The summed E-state index contributed by atoms with van der Waals surface area (Å²) in [7, 11) is 3.46. The molecule has 1 aliphatic rings. The third kappa shape index (κ3) is 2.89. The molecule has 0 radical (unpaired) electrons. The van der Waals surface area contributed by atoms with Gasteiger partial charge in [0.2, 0.25) is 0 Å². The van der Waals surface area contributed by atoms with Crippen LogP contribution in [0, 0.1) is 12.7 Å². The summed E-state index contributed by atoms with van der Waals surface area (Å²) in [5.74, 6) is 1.15. The highest BCUT2D eigenvalue weighted by molar-refractivity contribution is 5.99. The van der Waals surface area contributed by atoms with Gasteiger partial charge in [-0.15, -0.1) is 0 Å². The lowest BCUT2D eigenvalue weighted by Crippen LogP contribution is -2.21. The molecule has 0 saturated carbocycles. The normalized spacial score (nSPS) is 15.9. The lowest BCUT2D eigenvalue weighted by atomic mass is 10.0. The zero-order chi connectivity index (χ0) is 19.1. The van der Waals surface area contributed by atoms with Crippen molar-refractivity contribution in [1.82, 2.24) is 14.9 Å². The maximum Gasteiger partial charge on any atom is 0.251 e. The Hall–Kier alpha value is -3.09. The first-order valence-electron chi connectivity index (χ1n) is 8.76. The van der Waals surface area contributed by atoms with Crippen molar-refractivity contribution in [2.24, 2.45) is 7.05 Å². The maximum atomic E-state index is 14.4. The highest BCUT2D eigenvalue weighted by Crippen LogP contribution is 2.39. The number of amides is 1. The van der Waals surface area contributed by atoms with Crippen LogP contribution in [-0.2, 0) is 7.05 Å². The molecule has 140 valence electrons. The number of aryl methyl sites for hydroxylation is 2. The van der Waals surface area contributed by atoms with Crippen molar-refractivity contribution in [3.63, 3.8) is 0 Å². The van der Waals surface area contributed by atoms with Gasteiger partial charge < -0.3 is 19.4 Å². The number of fused-ring (bicyclic) bond motifs is 2. The van der Waals surface area contributed by atoms with Crippen LogP contribution in [-0.4, -0.2) is 29.1 Å². The monoisotopic (exact) mass is 369 g/mol. The number of carbonyl (C=O) groups excluding carboxylic acids is 1. The van der Waals surface area contributed by atoms with E-state index in [4.69, 9.17) is 9.47 Å². The van der Waals surface area contributed by atoms with Gasteiger partial charge in [0.1, 0.15) is 34.8 Å². The topological polar surface area (TPSA) is 65.4 Å². The number of hydrogen-bond acceptors (Lipinski definition) is 4. The molecule has 1 N–H and O–H groups in total. The number of hydrogen-bond donors (Lipinski definition) is 1. The Kier molecular flexibility index (Phi) is 4.22. The van der Waals surface area contributed by atoms with Crippen LogP contribution in [0.25, 0.3) is 11.0 Å². The Morgan fingerprint density at radius 1 is 1.41 bits per heavy atom. The summed E-state index contributed by atoms with van der Waals surface area (Å²) in [4.78, 5) is 16.8.